The summed E-state index contributed by atoms with van der Waals surface area (Å²) in [5, 5.41) is 8.49. The van der Waals surface area contributed by atoms with Gasteiger partial charge in [0.15, 0.2) is 0 Å². The summed E-state index contributed by atoms with van der Waals surface area (Å²) in [5.74, 6) is -0.655. The van der Waals surface area contributed by atoms with Crippen molar-refractivity contribution in [1.29, 1.82) is 0 Å². The molecule has 0 aromatic carbocycles. The van der Waals surface area contributed by atoms with E-state index >= 15 is 0 Å². The maximum atomic E-state index is 10.3. The summed E-state index contributed by atoms with van der Waals surface area (Å²) < 4.78 is 0. The molecular formula is C16H32O2Ti. The van der Waals surface area contributed by atoms with Crippen molar-refractivity contribution in [3.8, 4) is 0 Å². The molecule has 0 aliphatic heterocycles. The van der Waals surface area contributed by atoms with Crippen molar-refractivity contribution in [2.75, 3.05) is 0 Å². The Kier molecular flexibility index (Phi) is 20.6. The first-order valence-electron chi connectivity index (χ1n) is 7.99. The maximum Gasteiger partial charge on any atom is 0.303 e. The third kappa shape index (κ3) is 20.7. The first-order chi connectivity index (χ1) is 8.77. The average Bonchev–Trinajstić information content (AvgIpc) is 2.34. The van der Waals surface area contributed by atoms with Gasteiger partial charge in [-0.15, -0.1) is 0 Å². The number of carboxylic acid groups (broad SMARTS) is 1. The molecule has 0 heterocycles. The zero-order chi connectivity index (χ0) is 13.5. The summed E-state index contributed by atoms with van der Waals surface area (Å²) in [6.07, 6.45) is 17.3. The van der Waals surface area contributed by atoms with Gasteiger partial charge >= 0.3 is 5.97 Å². The Balaban J connectivity index is 0. The molecule has 0 radical (unpaired) electrons. The fraction of sp³-hybridized carbons (Fsp3) is 0.938. The summed E-state index contributed by atoms with van der Waals surface area (Å²) in [5.41, 5.74) is 0. The first kappa shape index (κ1) is 21.5. The topological polar surface area (TPSA) is 37.3 Å². The van der Waals surface area contributed by atoms with Gasteiger partial charge in [-0.1, -0.05) is 84.0 Å². The van der Waals surface area contributed by atoms with Gasteiger partial charge in [0, 0.05) is 28.1 Å². The van der Waals surface area contributed by atoms with E-state index in [-0.39, 0.29) is 21.7 Å². The molecule has 0 saturated heterocycles. The van der Waals surface area contributed by atoms with E-state index in [0.29, 0.717) is 6.42 Å². The molecule has 0 atom stereocenters. The monoisotopic (exact) mass is 304 g/mol. The van der Waals surface area contributed by atoms with Crippen molar-refractivity contribution < 1.29 is 31.6 Å². The molecule has 1 N–H and O–H groups in total. The van der Waals surface area contributed by atoms with E-state index in [4.69, 9.17) is 5.11 Å². The second-order valence-electron chi connectivity index (χ2n) is 5.39. The molecule has 0 amide bonds. The Morgan fingerprint density at radius 1 is 0.684 bits per heavy atom. The van der Waals surface area contributed by atoms with E-state index in [1.807, 2.05) is 0 Å². The Labute approximate surface area is 134 Å². The molecule has 0 saturated carbocycles. The maximum absolute atomic E-state index is 10.3. The van der Waals surface area contributed by atoms with E-state index in [2.05, 4.69) is 6.92 Å². The molecule has 0 aliphatic rings. The van der Waals surface area contributed by atoms with Crippen LogP contribution in [-0.2, 0) is 26.5 Å². The van der Waals surface area contributed by atoms with Crippen molar-refractivity contribution in [2.45, 2.75) is 96.8 Å². The Hall–Kier alpha value is 0.184. The zero-order valence-electron chi connectivity index (χ0n) is 12.8. The van der Waals surface area contributed by atoms with Crippen molar-refractivity contribution in [3.05, 3.63) is 0 Å². The molecule has 0 fully saturated rings. The predicted molar refractivity (Wildman–Crippen MR) is 77.9 cm³/mol. The normalized spacial score (nSPS) is 10.2. The van der Waals surface area contributed by atoms with E-state index in [1.165, 1.54) is 70.6 Å². The van der Waals surface area contributed by atoms with Crippen LogP contribution in [0.5, 0.6) is 0 Å². The summed E-state index contributed by atoms with van der Waals surface area (Å²) in [6.45, 7) is 2.26. The van der Waals surface area contributed by atoms with Gasteiger partial charge < -0.3 is 5.11 Å². The summed E-state index contributed by atoms with van der Waals surface area (Å²) in [7, 11) is 0. The van der Waals surface area contributed by atoms with Gasteiger partial charge in [0.2, 0.25) is 0 Å². The van der Waals surface area contributed by atoms with Crippen LogP contribution in [0.3, 0.4) is 0 Å². The molecular weight excluding hydrogens is 272 g/mol. The molecule has 19 heavy (non-hydrogen) atoms. The standard InChI is InChI=1S/C16H32O2.Ti/c1-2-3-4-5-6-7-8-9-10-11-12-13-14-15-16(17)18;/h2-15H2,1H3,(H,17,18);. The fourth-order valence-electron chi connectivity index (χ4n) is 2.29. The van der Waals surface area contributed by atoms with E-state index < -0.39 is 5.97 Å². The van der Waals surface area contributed by atoms with Gasteiger partial charge in [0.1, 0.15) is 0 Å². The first-order valence-corrected chi connectivity index (χ1v) is 7.99. The Morgan fingerprint density at radius 2 is 1.00 bits per heavy atom. The van der Waals surface area contributed by atoms with E-state index in [0.717, 1.165) is 12.8 Å². The summed E-state index contributed by atoms with van der Waals surface area (Å²) in [6, 6.07) is 0. The second-order valence-corrected chi connectivity index (χ2v) is 5.39. The van der Waals surface area contributed by atoms with Gasteiger partial charge in [0.25, 0.3) is 0 Å². The molecule has 0 unspecified atom stereocenters. The SMILES string of the molecule is CCCCCCCCCCCCCCCC(=O)O.[Ti]. The van der Waals surface area contributed by atoms with Gasteiger partial charge in [-0.2, -0.15) is 0 Å². The predicted octanol–water partition coefficient (Wildman–Crippen LogP) is 5.55. The Morgan fingerprint density at radius 3 is 1.32 bits per heavy atom. The molecule has 3 heteroatoms. The minimum atomic E-state index is -0.655. The van der Waals surface area contributed by atoms with Crippen LogP contribution in [0.1, 0.15) is 96.8 Å². The molecule has 2 nitrogen and oxygen atoms in total. The van der Waals surface area contributed by atoms with Crippen molar-refractivity contribution >= 4 is 5.97 Å². The Bertz CT molecular complexity index is 184. The number of aliphatic carboxylic acids is 1. The molecule has 0 aromatic rings. The van der Waals surface area contributed by atoms with Crippen LogP contribution in [0.15, 0.2) is 0 Å². The van der Waals surface area contributed by atoms with E-state index in [1.54, 1.807) is 0 Å². The van der Waals surface area contributed by atoms with Crippen LogP contribution in [0.4, 0.5) is 0 Å². The third-order valence-corrected chi connectivity index (χ3v) is 3.49. The molecule has 0 spiro atoms. The van der Waals surface area contributed by atoms with Crippen molar-refractivity contribution in [1.82, 2.24) is 0 Å². The molecule has 0 aliphatic carbocycles. The molecule has 0 rings (SSSR count). The number of carbonyl (C=O) groups is 1. The van der Waals surface area contributed by atoms with Gasteiger partial charge in [0.05, 0.1) is 0 Å². The summed E-state index contributed by atoms with van der Waals surface area (Å²) in [4.78, 5) is 10.3. The largest absolute Gasteiger partial charge is 0.481 e. The van der Waals surface area contributed by atoms with Crippen LogP contribution in [0.25, 0.3) is 0 Å². The molecule has 0 bridgehead atoms. The number of unbranched alkanes of at least 4 members (excludes halogenated alkanes) is 12. The van der Waals surface area contributed by atoms with Crippen molar-refractivity contribution in [2.24, 2.45) is 0 Å². The van der Waals surface area contributed by atoms with Crippen LogP contribution < -0.4 is 0 Å². The van der Waals surface area contributed by atoms with Gasteiger partial charge in [-0.25, -0.2) is 0 Å². The zero-order valence-corrected chi connectivity index (χ0v) is 14.3. The molecule has 112 valence electrons. The quantitative estimate of drug-likeness (QED) is 0.337. The van der Waals surface area contributed by atoms with Crippen molar-refractivity contribution in [3.63, 3.8) is 0 Å². The van der Waals surface area contributed by atoms with E-state index in [9.17, 15) is 4.79 Å². The number of rotatable bonds is 14. The van der Waals surface area contributed by atoms with Crippen LogP contribution in [0, 0.1) is 0 Å². The second kappa shape index (κ2) is 18.2. The third-order valence-electron chi connectivity index (χ3n) is 3.49. The average molecular weight is 304 g/mol. The van der Waals surface area contributed by atoms with Crippen LogP contribution in [0.2, 0.25) is 0 Å². The van der Waals surface area contributed by atoms with Gasteiger partial charge in [-0.05, 0) is 6.42 Å². The summed E-state index contributed by atoms with van der Waals surface area (Å²) >= 11 is 0. The van der Waals surface area contributed by atoms with Crippen LogP contribution in [-0.4, -0.2) is 11.1 Å². The van der Waals surface area contributed by atoms with Crippen LogP contribution >= 0.6 is 0 Å². The molecule has 0 aromatic heterocycles. The fourth-order valence-corrected chi connectivity index (χ4v) is 2.29. The van der Waals surface area contributed by atoms with Gasteiger partial charge in [-0.3, -0.25) is 4.79 Å². The number of carboxylic acids is 1. The number of hydrogen-bond donors (Lipinski definition) is 1. The minimum Gasteiger partial charge on any atom is -0.481 e. The smallest absolute Gasteiger partial charge is 0.303 e. The minimum absolute atomic E-state index is 0. The number of hydrogen-bond acceptors (Lipinski definition) is 1.